The van der Waals surface area contributed by atoms with Crippen molar-refractivity contribution in [1.82, 2.24) is 14.5 Å². The maximum absolute atomic E-state index is 11.8. The van der Waals surface area contributed by atoms with Crippen molar-refractivity contribution < 1.29 is 14.7 Å². The summed E-state index contributed by atoms with van der Waals surface area (Å²) in [5, 5.41) is 8.57. The van der Waals surface area contributed by atoms with E-state index in [9.17, 15) is 9.59 Å². The Hall–Kier alpha value is -1.85. The van der Waals surface area contributed by atoms with Gasteiger partial charge in [-0.3, -0.25) is 9.59 Å². The lowest BCUT2D eigenvalue weighted by Crippen LogP contribution is -2.50. The molecule has 1 aliphatic heterocycles. The van der Waals surface area contributed by atoms with Crippen LogP contribution in [0.4, 0.5) is 0 Å². The summed E-state index contributed by atoms with van der Waals surface area (Å²) in [5.74, 6) is -0.845. The molecule has 1 aliphatic rings. The molecule has 0 radical (unpaired) electrons. The number of imidazole rings is 1. The highest BCUT2D eigenvalue weighted by Gasteiger charge is 2.33. The number of carboxylic acids is 1. The standard InChI is InChI=1S/C10H13N3O3/c1-12-5-8(11-6-12)10(16)13-3-7(4-13)2-9(14)15/h5-7H,2-4H2,1H3,(H,14,15). The molecule has 0 unspecified atom stereocenters. The van der Waals surface area contributed by atoms with E-state index in [0.29, 0.717) is 18.8 Å². The first-order chi connectivity index (χ1) is 7.56. The number of amides is 1. The Morgan fingerprint density at radius 2 is 2.25 bits per heavy atom. The maximum Gasteiger partial charge on any atom is 0.303 e. The fourth-order valence-corrected chi connectivity index (χ4v) is 1.80. The molecule has 1 amide bonds. The van der Waals surface area contributed by atoms with Crippen LogP contribution in [0.25, 0.3) is 0 Å². The van der Waals surface area contributed by atoms with E-state index < -0.39 is 5.97 Å². The van der Waals surface area contributed by atoms with Crippen LogP contribution in [0.1, 0.15) is 16.9 Å². The molecular formula is C10H13N3O3. The predicted octanol–water partition coefficient (Wildman–Crippen LogP) is -0.0332. The van der Waals surface area contributed by atoms with E-state index in [1.54, 1.807) is 29.0 Å². The van der Waals surface area contributed by atoms with Crippen LogP contribution < -0.4 is 0 Å². The largest absolute Gasteiger partial charge is 0.481 e. The van der Waals surface area contributed by atoms with Gasteiger partial charge in [0, 0.05) is 32.3 Å². The number of hydrogen-bond donors (Lipinski definition) is 1. The monoisotopic (exact) mass is 223 g/mol. The van der Waals surface area contributed by atoms with E-state index in [1.165, 1.54) is 0 Å². The van der Waals surface area contributed by atoms with Gasteiger partial charge < -0.3 is 14.6 Å². The van der Waals surface area contributed by atoms with Crippen LogP contribution in [-0.2, 0) is 11.8 Å². The second-order valence-corrected chi connectivity index (χ2v) is 4.10. The second kappa shape index (κ2) is 3.96. The van der Waals surface area contributed by atoms with E-state index in [0.717, 1.165) is 0 Å². The highest BCUT2D eigenvalue weighted by atomic mass is 16.4. The van der Waals surface area contributed by atoms with E-state index in [4.69, 9.17) is 5.11 Å². The third-order valence-electron chi connectivity index (χ3n) is 2.63. The molecule has 1 aromatic heterocycles. The van der Waals surface area contributed by atoms with Gasteiger partial charge in [-0.05, 0) is 0 Å². The number of carboxylic acid groups (broad SMARTS) is 1. The van der Waals surface area contributed by atoms with Crippen LogP contribution >= 0.6 is 0 Å². The molecule has 0 bridgehead atoms. The number of carbonyl (C=O) groups excluding carboxylic acids is 1. The first-order valence-electron chi connectivity index (χ1n) is 5.05. The van der Waals surface area contributed by atoms with Crippen LogP contribution in [0, 0.1) is 5.92 Å². The van der Waals surface area contributed by atoms with Gasteiger partial charge in [0.05, 0.1) is 12.7 Å². The highest BCUT2D eigenvalue weighted by Crippen LogP contribution is 2.20. The van der Waals surface area contributed by atoms with Gasteiger partial charge in [0.15, 0.2) is 0 Å². The normalized spacial score (nSPS) is 15.9. The average molecular weight is 223 g/mol. The lowest BCUT2D eigenvalue weighted by molar-refractivity contribution is -0.139. The minimum Gasteiger partial charge on any atom is -0.481 e. The molecule has 0 spiro atoms. The zero-order chi connectivity index (χ0) is 11.7. The fourth-order valence-electron chi connectivity index (χ4n) is 1.80. The Kier molecular flexibility index (Phi) is 2.64. The second-order valence-electron chi connectivity index (χ2n) is 4.10. The van der Waals surface area contributed by atoms with Gasteiger partial charge in [-0.15, -0.1) is 0 Å². The van der Waals surface area contributed by atoms with Crippen LogP contribution in [0.5, 0.6) is 0 Å². The molecular weight excluding hydrogens is 210 g/mol. The van der Waals surface area contributed by atoms with E-state index in [-0.39, 0.29) is 18.2 Å². The summed E-state index contributed by atoms with van der Waals surface area (Å²) in [6, 6.07) is 0. The minimum absolute atomic E-state index is 0.0881. The molecule has 0 saturated carbocycles. The van der Waals surface area contributed by atoms with Crippen molar-refractivity contribution >= 4 is 11.9 Å². The smallest absolute Gasteiger partial charge is 0.303 e. The number of carbonyl (C=O) groups is 2. The summed E-state index contributed by atoms with van der Waals surface area (Å²) >= 11 is 0. The number of aliphatic carboxylic acids is 1. The Morgan fingerprint density at radius 3 is 2.75 bits per heavy atom. The van der Waals surface area contributed by atoms with E-state index >= 15 is 0 Å². The number of aryl methyl sites for hydroxylation is 1. The van der Waals surface area contributed by atoms with Crippen LogP contribution in [0.2, 0.25) is 0 Å². The van der Waals surface area contributed by atoms with Gasteiger partial charge >= 0.3 is 5.97 Å². The molecule has 1 fully saturated rings. The molecule has 2 heterocycles. The Balaban J connectivity index is 1.88. The van der Waals surface area contributed by atoms with Crippen molar-refractivity contribution in [2.24, 2.45) is 13.0 Å². The molecule has 6 heteroatoms. The Labute approximate surface area is 92.5 Å². The summed E-state index contributed by atoms with van der Waals surface area (Å²) in [4.78, 5) is 27.8. The van der Waals surface area contributed by atoms with Crippen molar-refractivity contribution in [1.29, 1.82) is 0 Å². The molecule has 0 aromatic carbocycles. The van der Waals surface area contributed by atoms with Crippen LogP contribution in [0.15, 0.2) is 12.5 Å². The SMILES string of the molecule is Cn1cnc(C(=O)N2CC(CC(=O)O)C2)c1. The molecule has 6 nitrogen and oxygen atoms in total. The topological polar surface area (TPSA) is 75.4 Å². The number of likely N-dealkylation sites (tertiary alicyclic amines) is 1. The summed E-state index contributed by atoms with van der Waals surface area (Å²) in [5.41, 5.74) is 0.413. The average Bonchev–Trinajstić information content (AvgIpc) is 2.56. The van der Waals surface area contributed by atoms with Gasteiger partial charge in [-0.2, -0.15) is 0 Å². The van der Waals surface area contributed by atoms with Crippen molar-refractivity contribution in [3.63, 3.8) is 0 Å². The molecule has 0 atom stereocenters. The summed E-state index contributed by atoms with van der Waals surface area (Å²) in [7, 11) is 1.80. The van der Waals surface area contributed by atoms with Gasteiger partial charge in [-0.1, -0.05) is 0 Å². The third-order valence-corrected chi connectivity index (χ3v) is 2.63. The molecule has 16 heavy (non-hydrogen) atoms. The maximum atomic E-state index is 11.8. The lowest BCUT2D eigenvalue weighted by atomic mass is 9.96. The molecule has 1 aromatic rings. The zero-order valence-electron chi connectivity index (χ0n) is 8.96. The van der Waals surface area contributed by atoms with Gasteiger partial charge in [-0.25, -0.2) is 4.98 Å². The first-order valence-corrected chi connectivity index (χ1v) is 5.05. The summed E-state index contributed by atoms with van der Waals surface area (Å²) in [6.07, 6.45) is 3.36. The summed E-state index contributed by atoms with van der Waals surface area (Å²) in [6.45, 7) is 1.03. The molecule has 0 aliphatic carbocycles. The number of aromatic nitrogens is 2. The highest BCUT2D eigenvalue weighted by molar-refractivity contribution is 5.92. The Bertz CT molecular complexity index is 421. The lowest BCUT2D eigenvalue weighted by Gasteiger charge is -2.38. The zero-order valence-corrected chi connectivity index (χ0v) is 8.96. The van der Waals surface area contributed by atoms with E-state index in [2.05, 4.69) is 4.98 Å². The molecule has 2 rings (SSSR count). The van der Waals surface area contributed by atoms with Gasteiger partial charge in [0.1, 0.15) is 5.69 Å². The van der Waals surface area contributed by atoms with Crippen LogP contribution in [-0.4, -0.2) is 44.5 Å². The van der Waals surface area contributed by atoms with Crippen molar-refractivity contribution in [2.75, 3.05) is 13.1 Å². The third kappa shape index (κ3) is 2.05. The van der Waals surface area contributed by atoms with Gasteiger partial charge in [0.25, 0.3) is 5.91 Å². The van der Waals surface area contributed by atoms with Crippen LogP contribution in [0.3, 0.4) is 0 Å². The van der Waals surface area contributed by atoms with Gasteiger partial charge in [0.2, 0.25) is 0 Å². The van der Waals surface area contributed by atoms with E-state index in [1.807, 2.05) is 0 Å². The minimum atomic E-state index is -0.810. The fraction of sp³-hybridized carbons (Fsp3) is 0.500. The Morgan fingerprint density at radius 1 is 1.56 bits per heavy atom. The predicted molar refractivity (Wildman–Crippen MR) is 54.9 cm³/mol. The van der Waals surface area contributed by atoms with Crippen molar-refractivity contribution in [2.45, 2.75) is 6.42 Å². The summed E-state index contributed by atoms with van der Waals surface area (Å²) < 4.78 is 1.71. The first kappa shape index (κ1) is 10.7. The number of nitrogens with zero attached hydrogens (tertiary/aromatic N) is 3. The number of rotatable bonds is 3. The quantitative estimate of drug-likeness (QED) is 0.780. The molecule has 86 valence electrons. The molecule has 1 N–H and O–H groups in total. The van der Waals surface area contributed by atoms with Crippen molar-refractivity contribution in [3.8, 4) is 0 Å². The molecule has 1 saturated heterocycles. The number of hydrogen-bond acceptors (Lipinski definition) is 3. The van der Waals surface area contributed by atoms with Crippen molar-refractivity contribution in [3.05, 3.63) is 18.2 Å².